The molecule has 2 atom stereocenters. The van der Waals surface area contributed by atoms with Gasteiger partial charge in [-0.05, 0) is 44.1 Å². The molecular weight excluding hydrogens is 246 g/mol. The smallest absolute Gasteiger partial charge is 0.251 e. The van der Waals surface area contributed by atoms with Crippen molar-refractivity contribution in [1.82, 2.24) is 10.2 Å². The predicted octanol–water partition coefficient (Wildman–Crippen LogP) is 3.13. The first-order valence-corrected chi connectivity index (χ1v) is 7.69. The second-order valence-electron chi connectivity index (χ2n) is 6.94. The first-order valence-electron chi connectivity index (χ1n) is 7.69. The van der Waals surface area contributed by atoms with Gasteiger partial charge in [0.2, 0.25) is 0 Å². The molecule has 112 valence electrons. The van der Waals surface area contributed by atoms with E-state index in [0.29, 0.717) is 6.04 Å². The van der Waals surface area contributed by atoms with Gasteiger partial charge in [-0.1, -0.05) is 19.8 Å². The average Bonchev–Trinajstić information content (AvgIpc) is 3.08. The number of nitrogens with one attached hydrogen (secondary N) is 1. The number of halogens is 2. The zero-order valence-electron chi connectivity index (χ0n) is 12.3. The Labute approximate surface area is 115 Å². The second kappa shape index (κ2) is 6.49. The largest absolute Gasteiger partial charge is 0.313 e. The molecule has 2 saturated carbocycles. The number of alkyl halides is 2. The van der Waals surface area contributed by atoms with E-state index in [9.17, 15) is 8.78 Å². The van der Waals surface area contributed by atoms with Crippen LogP contribution in [0.5, 0.6) is 0 Å². The molecule has 2 rings (SSSR count). The minimum atomic E-state index is -2.22. The maximum atomic E-state index is 12.5. The molecule has 0 heterocycles. The summed E-state index contributed by atoms with van der Waals surface area (Å²) in [5.41, 5.74) is 0.212. The quantitative estimate of drug-likeness (QED) is 0.767. The van der Waals surface area contributed by atoms with Crippen molar-refractivity contribution in [2.24, 2.45) is 11.3 Å². The molecule has 0 aromatic heterocycles. The highest BCUT2D eigenvalue weighted by Crippen LogP contribution is 2.40. The van der Waals surface area contributed by atoms with Crippen LogP contribution in [-0.4, -0.2) is 44.0 Å². The van der Waals surface area contributed by atoms with Crippen molar-refractivity contribution >= 4 is 0 Å². The van der Waals surface area contributed by atoms with Crippen LogP contribution in [-0.2, 0) is 0 Å². The Morgan fingerprint density at radius 3 is 2.63 bits per heavy atom. The maximum absolute atomic E-state index is 12.5. The summed E-state index contributed by atoms with van der Waals surface area (Å²) >= 11 is 0. The summed E-state index contributed by atoms with van der Waals surface area (Å²) in [6, 6.07) is 0.703. The zero-order chi connectivity index (χ0) is 13.9. The third-order valence-electron chi connectivity index (χ3n) is 4.58. The van der Waals surface area contributed by atoms with E-state index in [1.807, 2.05) is 11.9 Å². The van der Waals surface area contributed by atoms with Crippen molar-refractivity contribution in [2.45, 2.75) is 57.9 Å². The molecule has 0 amide bonds. The molecule has 2 nitrogen and oxygen atoms in total. The molecule has 2 aliphatic carbocycles. The van der Waals surface area contributed by atoms with Crippen LogP contribution in [0.4, 0.5) is 8.78 Å². The predicted molar refractivity (Wildman–Crippen MR) is 74.6 cm³/mol. The van der Waals surface area contributed by atoms with Gasteiger partial charge in [0.15, 0.2) is 0 Å². The maximum Gasteiger partial charge on any atom is 0.251 e. The summed E-state index contributed by atoms with van der Waals surface area (Å²) < 4.78 is 25.0. The summed E-state index contributed by atoms with van der Waals surface area (Å²) in [7, 11) is 1.84. The summed E-state index contributed by atoms with van der Waals surface area (Å²) in [6.45, 7) is 4.02. The van der Waals surface area contributed by atoms with Crippen LogP contribution in [0.3, 0.4) is 0 Å². The van der Waals surface area contributed by atoms with Crippen LogP contribution in [0.1, 0.15) is 45.4 Å². The summed E-state index contributed by atoms with van der Waals surface area (Å²) in [4.78, 5) is 1.83. The SMILES string of the molecule is CC1CCCC(CNC2CC2)(CN(C)CC(F)F)C1. The van der Waals surface area contributed by atoms with E-state index in [2.05, 4.69) is 12.2 Å². The second-order valence-corrected chi connectivity index (χ2v) is 6.94. The number of hydrogen-bond donors (Lipinski definition) is 1. The molecule has 19 heavy (non-hydrogen) atoms. The Morgan fingerprint density at radius 1 is 1.32 bits per heavy atom. The van der Waals surface area contributed by atoms with Crippen molar-refractivity contribution in [1.29, 1.82) is 0 Å². The molecule has 0 saturated heterocycles. The van der Waals surface area contributed by atoms with Gasteiger partial charge in [-0.25, -0.2) is 8.78 Å². The van der Waals surface area contributed by atoms with E-state index >= 15 is 0 Å². The van der Waals surface area contributed by atoms with Crippen LogP contribution in [0.25, 0.3) is 0 Å². The molecular formula is C15H28F2N2. The van der Waals surface area contributed by atoms with Crippen LogP contribution < -0.4 is 5.32 Å². The minimum Gasteiger partial charge on any atom is -0.313 e. The molecule has 0 bridgehead atoms. The van der Waals surface area contributed by atoms with E-state index in [0.717, 1.165) is 19.0 Å². The molecule has 1 N–H and O–H groups in total. The molecule has 0 aromatic carbocycles. The summed E-state index contributed by atoms with van der Waals surface area (Å²) in [5, 5.41) is 3.63. The van der Waals surface area contributed by atoms with Gasteiger partial charge in [0, 0.05) is 19.1 Å². The standard InChI is InChI=1S/C15H28F2N2/c1-12-4-3-7-15(8-12,10-18-13-5-6-13)11-19(2)9-14(16)17/h12-14,18H,3-11H2,1-2H3. The Balaban J connectivity index is 1.91. The van der Waals surface area contributed by atoms with Crippen LogP contribution in [0.2, 0.25) is 0 Å². The Bertz CT molecular complexity index is 281. The molecule has 2 fully saturated rings. The highest BCUT2D eigenvalue weighted by atomic mass is 19.3. The molecule has 2 aliphatic rings. The number of rotatable bonds is 7. The Kier molecular flexibility index (Phi) is 5.18. The molecule has 0 aromatic rings. The lowest BCUT2D eigenvalue weighted by Crippen LogP contribution is -2.47. The fourth-order valence-corrected chi connectivity index (χ4v) is 3.65. The molecule has 2 unspecified atom stereocenters. The topological polar surface area (TPSA) is 15.3 Å². The fraction of sp³-hybridized carbons (Fsp3) is 1.00. The lowest BCUT2D eigenvalue weighted by molar-refractivity contribution is 0.0498. The summed E-state index contributed by atoms with van der Waals surface area (Å²) in [6.07, 6.45) is 5.27. The van der Waals surface area contributed by atoms with E-state index in [1.54, 1.807) is 0 Å². The van der Waals surface area contributed by atoms with E-state index < -0.39 is 6.43 Å². The molecule has 0 aliphatic heterocycles. The molecule has 0 spiro atoms. The van der Waals surface area contributed by atoms with Crippen LogP contribution in [0.15, 0.2) is 0 Å². The lowest BCUT2D eigenvalue weighted by atomic mass is 9.69. The Hall–Kier alpha value is -0.220. The van der Waals surface area contributed by atoms with Crippen LogP contribution in [0, 0.1) is 11.3 Å². The first-order chi connectivity index (χ1) is 8.99. The average molecular weight is 274 g/mol. The van der Waals surface area contributed by atoms with Gasteiger partial charge in [-0.3, -0.25) is 0 Å². The van der Waals surface area contributed by atoms with Gasteiger partial charge >= 0.3 is 0 Å². The molecule has 4 heteroatoms. The monoisotopic (exact) mass is 274 g/mol. The first kappa shape index (κ1) is 15.2. The van der Waals surface area contributed by atoms with Crippen molar-refractivity contribution in [3.8, 4) is 0 Å². The van der Waals surface area contributed by atoms with E-state index in [4.69, 9.17) is 0 Å². The van der Waals surface area contributed by atoms with Gasteiger partial charge in [-0.15, -0.1) is 0 Å². The third-order valence-corrected chi connectivity index (χ3v) is 4.58. The van der Waals surface area contributed by atoms with Gasteiger partial charge in [0.25, 0.3) is 6.43 Å². The zero-order valence-corrected chi connectivity index (χ0v) is 12.3. The fourth-order valence-electron chi connectivity index (χ4n) is 3.65. The van der Waals surface area contributed by atoms with Gasteiger partial charge < -0.3 is 10.2 Å². The third kappa shape index (κ3) is 4.99. The van der Waals surface area contributed by atoms with Crippen molar-refractivity contribution in [3.05, 3.63) is 0 Å². The number of nitrogens with zero attached hydrogens (tertiary/aromatic N) is 1. The van der Waals surface area contributed by atoms with Crippen molar-refractivity contribution in [3.63, 3.8) is 0 Å². The van der Waals surface area contributed by atoms with Gasteiger partial charge in [0.05, 0.1) is 6.54 Å². The summed E-state index contributed by atoms with van der Waals surface area (Å²) in [5.74, 6) is 0.731. The van der Waals surface area contributed by atoms with Gasteiger partial charge in [0.1, 0.15) is 0 Å². The van der Waals surface area contributed by atoms with Gasteiger partial charge in [-0.2, -0.15) is 0 Å². The van der Waals surface area contributed by atoms with Crippen LogP contribution >= 0.6 is 0 Å². The Morgan fingerprint density at radius 2 is 2.05 bits per heavy atom. The normalized spacial score (nSPS) is 32.2. The van der Waals surface area contributed by atoms with Crippen molar-refractivity contribution < 1.29 is 8.78 Å². The lowest BCUT2D eigenvalue weighted by Gasteiger charge is -2.43. The number of hydrogen-bond acceptors (Lipinski definition) is 2. The highest BCUT2D eigenvalue weighted by molar-refractivity contribution is 4.92. The van der Waals surface area contributed by atoms with Crippen molar-refractivity contribution in [2.75, 3.05) is 26.7 Å². The molecule has 0 radical (unpaired) electrons. The minimum absolute atomic E-state index is 0.0977. The van der Waals surface area contributed by atoms with E-state index in [-0.39, 0.29) is 12.0 Å². The van der Waals surface area contributed by atoms with E-state index in [1.165, 1.54) is 38.5 Å². The highest BCUT2D eigenvalue weighted by Gasteiger charge is 2.37.